The average molecular weight is 282 g/mol. The third kappa shape index (κ3) is 3.74. The van der Waals surface area contributed by atoms with E-state index in [1.165, 1.54) is 0 Å². The molecule has 0 radical (unpaired) electrons. The van der Waals surface area contributed by atoms with Gasteiger partial charge in [-0.2, -0.15) is 13.2 Å². The highest BCUT2D eigenvalue weighted by atomic mass is 79.9. The Morgan fingerprint density at radius 3 is 2.47 bits per heavy atom. The van der Waals surface area contributed by atoms with Gasteiger partial charge in [0.1, 0.15) is 0 Å². The van der Waals surface area contributed by atoms with Crippen LogP contribution in [0.25, 0.3) is 0 Å². The molecule has 0 fully saturated rings. The molecule has 0 heterocycles. The van der Waals surface area contributed by atoms with Crippen LogP contribution in [0.4, 0.5) is 18.9 Å². The normalized spacial score (nSPS) is 11.5. The summed E-state index contributed by atoms with van der Waals surface area (Å²) in [7, 11) is 0. The molecule has 0 saturated carbocycles. The molecular formula is C10H11BrF3N. The second kappa shape index (κ2) is 4.88. The zero-order valence-corrected chi connectivity index (χ0v) is 9.74. The van der Waals surface area contributed by atoms with Crippen molar-refractivity contribution in [1.29, 1.82) is 0 Å². The van der Waals surface area contributed by atoms with Crippen molar-refractivity contribution < 1.29 is 13.2 Å². The number of nitrogens with one attached hydrogen (secondary N) is 1. The minimum atomic E-state index is -4.30. The minimum absolute atomic E-state index is 0.427. The van der Waals surface area contributed by atoms with Crippen LogP contribution in [-0.4, -0.2) is 6.54 Å². The largest absolute Gasteiger partial charge is 0.416 e. The Kier molecular flexibility index (Phi) is 4.02. The summed E-state index contributed by atoms with van der Waals surface area (Å²) < 4.78 is 37.7. The van der Waals surface area contributed by atoms with Crippen molar-refractivity contribution in [1.82, 2.24) is 0 Å². The first-order valence-corrected chi connectivity index (χ1v) is 5.34. The highest BCUT2D eigenvalue weighted by Crippen LogP contribution is 2.33. The lowest BCUT2D eigenvalue weighted by Crippen LogP contribution is -2.07. The van der Waals surface area contributed by atoms with E-state index >= 15 is 0 Å². The van der Waals surface area contributed by atoms with E-state index in [4.69, 9.17) is 0 Å². The molecule has 0 aromatic heterocycles. The molecule has 0 aliphatic carbocycles. The van der Waals surface area contributed by atoms with E-state index in [0.717, 1.165) is 18.6 Å². The van der Waals surface area contributed by atoms with Crippen LogP contribution in [0.3, 0.4) is 0 Å². The van der Waals surface area contributed by atoms with Gasteiger partial charge in [-0.15, -0.1) is 0 Å². The second-order valence-corrected chi connectivity index (χ2v) is 4.07. The fraction of sp³-hybridized carbons (Fsp3) is 0.400. The Bertz CT molecular complexity index is 336. The summed E-state index contributed by atoms with van der Waals surface area (Å²) in [6, 6.07) is 3.81. The molecule has 1 aromatic carbocycles. The minimum Gasteiger partial charge on any atom is -0.385 e. The number of rotatable bonds is 3. The predicted octanol–water partition coefficient (Wildman–Crippen LogP) is 4.29. The molecule has 0 unspecified atom stereocenters. The van der Waals surface area contributed by atoms with Crippen molar-refractivity contribution in [3.05, 3.63) is 28.2 Å². The summed E-state index contributed by atoms with van der Waals surface area (Å²) in [6.45, 7) is 2.61. The topological polar surface area (TPSA) is 12.0 Å². The van der Waals surface area contributed by atoms with E-state index in [1.807, 2.05) is 6.92 Å². The summed E-state index contributed by atoms with van der Waals surface area (Å²) in [5.41, 5.74) is -0.158. The first-order valence-electron chi connectivity index (χ1n) is 4.55. The van der Waals surface area contributed by atoms with Gasteiger partial charge in [0.2, 0.25) is 0 Å². The molecule has 0 atom stereocenters. The zero-order chi connectivity index (χ0) is 11.5. The van der Waals surface area contributed by atoms with Gasteiger partial charge in [0.15, 0.2) is 0 Å². The number of halogens is 4. The average Bonchev–Trinajstić information content (AvgIpc) is 2.12. The lowest BCUT2D eigenvalue weighted by Gasteiger charge is -2.11. The molecule has 0 saturated heterocycles. The fourth-order valence-electron chi connectivity index (χ4n) is 1.12. The van der Waals surface area contributed by atoms with Crippen molar-refractivity contribution in [3.63, 3.8) is 0 Å². The summed E-state index contributed by atoms with van der Waals surface area (Å²) >= 11 is 3.06. The van der Waals surface area contributed by atoms with E-state index in [0.29, 0.717) is 16.7 Å². The Hall–Kier alpha value is -0.710. The van der Waals surface area contributed by atoms with Gasteiger partial charge in [-0.25, -0.2) is 0 Å². The maximum atomic E-state index is 12.4. The monoisotopic (exact) mass is 281 g/mol. The van der Waals surface area contributed by atoms with Gasteiger partial charge in [-0.1, -0.05) is 22.9 Å². The molecular weight excluding hydrogens is 271 g/mol. The van der Waals surface area contributed by atoms with Crippen LogP contribution in [0, 0.1) is 0 Å². The molecule has 0 amide bonds. The van der Waals surface area contributed by atoms with E-state index in [2.05, 4.69) is 21.2 Å². The number of hydrogen-bond acceptors (Lipinski definition) is 1. The molecule has 0 bridgehead atoms. The molecule has 84 valence electrons. The van der Waals surface area contributed by atoms with Crippen LogP contribution >= 0.6 is 15.9 Å². The molecule has 1 nitrogen and oxygen atoms in total. The first kappa shape index (κ1) is 12.4. The third-order valence-electron chi connectivity index (χ3n) is 1.80. The maximum Gasteiger partial charge on any atom is 0.416 e. The predicted molar refractivity (Wildman–Crippen MR) is 57.9 cm³/mol. The summed E-state index contributed by atoms with van der Waals surface area (Å²) in [6.07, 6.45) is -3.43. The van der Waals surface area contributed by atoms with Gasteiger partial charge in [0.25, 0.3) is 0 Å². The van der Waals surface area contributed by atoms with Gasteiger partial charge in [0, 0.05) is 16.7 Å². The number of hydrogen-bond donors (Lipinski definition) is 1. The Morgan fingerprint density at radius 1 is 1.27 bits per heavy atom. The molecule has 0 aliphatic rings. The smallest absolute Gasteiger partial charge is 0.385 e. The molecule has 0 aliphatic heterocycles. The second-order valence-electron chi connectivity index (χ2n) is 3.15. The molecule has 0 spiro atoms. The van der Waals surface area contributed by atoms with Crippen LogP contribution in [0.15, 0.2) is 22.7 Å². The summed E-state index contributed by atoms with van der Waals surface area (Å²) in [5, 5.41) is 2.92. The lowest BCUT2D eigenvalue weighted by molar-refractivity contribution is -0.137. The van der Waals surface area contributed by atoms with Gasteiger partial charge >= 0.3 is 6.18 Å². The number of anilines is 1. The van der Waals surface area contributed by atoms with E-state index < -0.39 is 11.7 Å². The molecule has 15 heavy (non-hydrogen) atoms. The van der Waals surface area contributed by atoms with Crippen molar-refractivity contribution in [3.8, 4) is 0 Å². The molecule has 1 rings (SSSR count). The number of alkyl halides is 3. The first-order chi connectivity index (χ1) is 6.93. The van der Waals surface area contributed by atoms with Gasteiger partial charge < -0.3 is 5.32 Å². The van der Waals surface area contributed by atoms with Crippen molar-refractivity contribution in [2.75, 3.05) is 11.9 Å². The number of benzene rings is 1. The zero-order valence-electron chi connectivity index (χ0n) is 8.16. The van der Waals surface area contributed by atoms with Gasteiger partial charge in [-0.05, 0) is 24.6 Å². The highest BCUT2D eigenvalue weighted by Gasteiger charge is 2.30. The summed E-state index contributed by atoms with van der Waals surface area (Å²) in [4.78, 5) is 0. The van der Waals surface area contributed by atoms with Crippen LogP contribution < -0.4 is 5.32 Å². The van der Waals surface area contributed by atoms with Crippen molar-refractivity contribution in [2.45, 2.75) is 19.5 Å². The molecule has 5 heteroatoms. The maximum absolute atomic E-state index is 12.4. The van der Waals surface area contributed by atoms with Crippen LogP contribution in [0.1, 0.15) is 18.9 Å². The highest BCUT2D eigenvalue weighted by molar-refractivity contribution is 9.10. The lowest BCUT2D eigenvalue weighted by atomic mass is 10.2. The quantitative estimate of drug-likeness (QED) is 0.872. The Labute approximate surface area is 94.8 Å². The third-order valence-corrected chi connectivity index (χ3v) is 2.26. The standard InChI is InChI=1S/C10H11BrF3N/c1-2-3-15-9-5-7(10(12,13)14)4-8(11)6-9/h4-6,15H,2-3H2,1H3. The van der Waals surface area contributed by atoms with E-state index in [-0.39, 0.29) is 0 Å². The van der Waals surface area contributed by atoms with Crippen LogP contribution in [-0.2, 0) is 6.18 Å². The Morgan fingerprint density at radius 2 is 1.93 bits per heavy atom. The fourth-order valence-corrected chi connectivity index (χ4v) is 1.62. The van der Waals surface area contributed by atoms with Crippen molar-refractivity contribution >= 4 is 21.6 Å². The Balaban J connectivity index is 2.95. The van der Waals surface area contributed by atoms with Gasteiger partial charge in [0.05, 0.1) is 5.56 Å². The molecule has 1 N–H and O–H groups in total. The van der Waals surface area contributed by atoms with E-state index in [1.54, 1.807) is 6.07 Å². The SMILES string of the molecule is CCCNc1cc(Br)cc(C(F)(F)F)c1. The van der Waals surface area contributed by atoms with Gasteiger partial charge in [-0.3, -0.25) is 0 Å². The van der Waals surface area contributed by atoms with E-state index in [9.17, 15) is 13.2 Å². The van der Waals surface area contributed by atoms with Crippen LogP contribution in [0.5, 0.6) is 0 Å². The van der Waals surface area contributed by atoms with Crippen LogP contribution in [0.2, 0.25) is 0 Å². The molecule has 1 aromatic rings. The van der Waals surface area contributed by atoms with Crippen molar-refractivity contribution in [2.24, 2.45) is 0 Å². The summed E-state index contributed by atoms with van der Waals surface area (Å²) in [5.74, 6) is 0.